The van der Waals surface area contributed by atoms with Gasteiger partial charge in [-0.1, -0.05) is 49.4 Å². The summed E-state index contributed by atoms with van der Waals surface area (Å²) in [5, 5.41) is 2.80. The number of anilines is 1. The second-order valence-electron chi connectivity index (χ2n) is 9.16. The second kappa shape index (κ2) is 12.7. The topological polar surface area (TPSA) is 86.8 Å². The van der Waals surface area contributed by atoms with E-state index >= 15 is 0 Å². The zero-order valence-electron chi connectivity index (χ0n) is 22.1. The maximum Gasteiger partial charge on any atom is 0.264 e. The van der Waals surface area contributed by atoms with Crippen molar-refractivity contribution in [2.45, 2.75) is 51.6 Å². The van der Waals surface area contributed by atoms with Crippen molar-refractivity contribution in [3.05, 3.63) is 95.3 Å². The highest BCUT2D eigenvalue weighted by Crippen LogP contribution is 2.29. The molecule has 0 heterocycles. The smallest absolute Gasteiger partial charge is 0.264 e. The van der Waals surface area contributed by atoms with Crippen LogP contribution in [0.4, 0.5) is 10.1 Å². The maximum atomic E-state index is 13.9. The molecule has 0 saturated carbocycles. The van der Waals surface area contributed by atoms with E-state index in [1.54, 1.807) is 44.2 Å². The van der Waals surface area contributed by atoms with Gasteiger partial charge in [0.25, 0.3) is 10.0 Å². The SMILES string of the molecule is CCCNC(=O)[C@@H](C)N(Cc1ccc(F)cc1)C(=O)CN(c1cccc(C)c1C)S(=O)(=O)c1ccccc1. The summed E-state index contributed by atoms with van der Waals surface area (Å²) in [7, 11) is -4.12. The van der Waals surface area contributed by atoms with Gasteiger partial charge >= 0.3 is 0 Å². The minimum Gasteiger partial charge on any atom is -0.354 e. The molecule has 0 unspecified atom stereocenters. The van der Waals surface area contributed by atoms with Crippen molar-refractivity contribution in [2.24, 2.45) is 0 Å². The molecule has 0 aliphatic carbocycles. The van der Waals surface area contributed by atoms with Crippen LogP contribution in [0.1, 0.15) is 37.0 Å². The summed E-state index contributed by atoms with van der Waals surface area (Å²) in [5.41, 5.74) is 2.59. The Morgan fingerprint density at radius 2 is 1.61 bits per heavy atom. The van der Waals surface area contributed by atoms with Crippen molar-refractivity contribution in [3.8, 4) is 0 Å². The number of hydrogen-bond acceptors (Lipinski definition) is 4. The van der Waals surface area contributed by atoms with Crippen molar-refractivity contribution >= 4 is 27.5 Å². The van der Waals surface area contributed by atoms with Crippen LogP contribution in [0.5, 0.6) is 0 Å². The highest BCUT2D eigenvalue weighted by molar-refractivity contribution is 7.92. The molecule has 3 aromatic rings. The lowest BCUT2D eigenvalue weighted by molar-refractivity contribution is -0.139. The predicted octanol–water partition coefficient (Wildman–Crippen LogP) is 4.58. The lowest BCUT2D eigenvalue weighted by Gasteiger charge is -2.32. The number of nitrogens with zero attached hydrogens (tertiary/aromatic N) is 2. The molecule has 1 atom stereocenters. The number of hydrogen-bond donors (Lipinski definition) is 1. The molecule has 1 N–H and O–H groups in total. The van der Waals surface area contributed by atoms with Gasteiger partial charge in [-0.3, -0.25) is 13.9 Å². The quantitative estimate of drug-likeness (QED) is 0.387. The molecule has 0 fully saturated rings. The highest BCUT2D eigenvalue weighted by atomic mass is 32.2. The Morgan fingerprint density at radius 3 is 2.24 bits per heavy atom. The van der Waals surface area contributed by atoms with Crippen LogP contribution in [0.2, 0.25) is 0 Å². The Hall–Kier alpha value is -3.72. The first-order valence-electron chi connectivity index (χ1n) is 12.5. The monoisotopic (exact) mass is 539 g/mol. The summed E-state index contributed by atoms with van der Waals surface area (Å²) >= 11 is 0. The van der Waals surface area contributed by atoms with E-state index in [0.29, 0.717) is 17.8 Å². The first kappa shape index (κ1) is 28.8. The van der Waals surface area contributed by atoms with Crippen LogP contribution in [0.15, 0.2) is 77.7 Å². The van der Waals surface area contributed by atoms with E-state index in [1.807, 2.05) is 19.9 Å². The molecule has 202 valence electrons. The number of carbonyl (C=O) groups is 2. The number of benzene rings is 3. The van der Waals surface area contributed by atoms with Crippen molar-refractivity contribution < 1.29 is 22.4 Å². The first-order chi connectivity index (χ1) is 18.1. The molecule has 0 aliphatic heterocycles. The minimum absolute atomic E-state index is 0.00580. The maximum absolute atomic E-state index is 13.9. The van der Waals surface area contributed by atoms with Gasteiger partial charge in [-0.05, 0) is 74.2 Å². The van der Waals surface area contributed by atoms with Gasteiger partial charge in [-0.2, -0.15) is 0 Å². The summed E-state index contributed by atoms with van der Waals surface area (Å²) in [6.07, 6.45) is 0.722. The molecule has 3 rings (SSSR count). The number of amides is 2. The fraction of sp³-hybridized carbons (Fsp3) is 0.310. The summed E-state index contributed by atoms with van der Waals surface area (Å²) in [4.78, 5) is 28.1. The molecule has 9 heteroatoms. The van der Waals surface area contributed by atoms with E-state index in [2.05, 4.69) is 5.32 Å². The zero-order chi connectivity index (χ0) is 27.9. The summed E-state index contributed by atoms with van der Waals surface area (Å²) in [5.74, 6) is -1.34. The molecule has 3 aromatic carbocycles. The van der Waals surface area contributed by atoms with Gasteiger partial charge in [0.05, 0.1) is 10.6 Å². The second-order valence-corrected chi connectivity index (χ2v) is 11.0. The van der Waals surface area contributed by atoms with E-state index in [0.717, 1.165) is 21.9 Å². The Labute approximate surface area is 224 Å². The van der Waals surface area contributed by atoms with E-state index in [1.165, 1.54) is 41.3 Å². The predicted molar refractivity (Wildman–Crippen MR) is 147 cm³/mol. The Bertz CT molecular complexity index is 1360. The Morgan fingerprint density at radius 1 is 0.947 bits per heavy atom. The summed E-state index contributed by atoms with van der Waals surface area (Å²) in [6.45, 7) is 7.12. The third-order valence-electron chi connectivity index (χ3n) is 6.44. The molecular formula is C29H34FN3O4S. The average Bonchev–Trinajstić information content (AvgIpc) is 2.91. The van der Waals surface area contributed by atoms with E-state index in [9.17, 15) is 22.4 Å². The van der Waals surface area contributed by atoms with Crippen LogP contribution < -0.4 is 9.62 Å². The van der Waals surface area contributed by atoms with E-state index in [-0.39, 0.29) is 17.3 Å². The van der Waals surface area contributed by atoms with Gasteiger partial charge < -0.3 is 10.2 Å². The molecule has 0 saturated heterocycles. The summed E-state index contributed by atoms with van der Waals surface area (Å²) < 4.78 is 42.3. The standard InChI is InChI=1S/C29H34FN3O4S/c1-5-18-31-29(35)23(4)32(19-24-14-16-25(30)17-15-24)28(34)20-33(27-13-9-10-21(2)22(27)3)38(36,37)26-11-7-6-8-12-26/h6-17,23H,5,18-20H2,1-4H3,(H,31,35)/t23-/m1/s1. The van der Waals surface area contributed by atoms with E-state index < -0.39 is 34.3 Å². The number of rotatable bonds is 11. The Balaban J connectivity index is 2.04. The van der Waals surface area contributed by atoms with Crippen LogP contribution in [-0.4, -0.2) is 44.3 Å². The number of nitrogens with one attached hydrogen (secondary N) is 1. The van der Waals surface area contributed by atoms with Gasteiger partial charge in [0.2, 0.25) is 11.8 Å². The molecule has 0 aromatic heterocycles. The van der Waals surface area contributed by atoms with Crippen molar-refractivity contribution in [2.75, 3.05) is 17.4 Å². The van der Waals surface area contributed by atoms with E-state index in [4.69, 9.17) is 0 Å². The molecule has 38 heavy (non-hydrogen) atoms. The van der Waals surface area contributed by atoms with Gasteiger partial charge in [-0.25, -0.2) is 12.8 Å². The molecule has 0 spiro atoms. The zero-order valence-corrected chi connectivity index (χ0v) is 23.0. The molecule has 0 bridgehead atoms. The van der Waals surface area contributed by atoms with Crippen LogP contribution in [-0.2, 0) is 26.2 Å². The third-order valence-corrected chi connectivity index (χ3v) is 8.21. The van der Waals surface area contributed by atoms with Crippen LogP contribution in [0.3, 0.4) is 0 Å². The number of halogens is 1. The highest BCUT2D eigenvalue weighted by Gasteiger charge is 2.33. The van der Waals surface area contributed by atoms with Crippen LogP contribution in [0.25, 0.3) is 0 Å². The van der Waals surface area contributed by atoms with Crippen molar-refractivity contribution in [3.63, 3.8) is 0 Å². The van der Waals surface area contributed by atoms with Crippen molar-refractivity contribution in [1.82, 2.24) is 10.2 Å². The largest absolute Gasteiger partial charge is 0.354 e. The lowest BCUT2D eigenvalue weighted by atomic mass is 10.1. The average molecular weight is 540 g/mol. The molecular weight excluding hydrogens is 505 g/mol. The lowest BCUT2D eigenvalue weighted by Crippen LogP contribution is -2.51. The first-order valence-corrected chi connectivity index (χ1v) is 14.0. The number of aryl methyl sites for hydroxylation is 1. The fourth-order valence-electron chi connectivity index (χ4n) is 4.00. The Kier molecular flexibility index (Phi) is 9.63. The molecule has 0 aliphatic rings. The number of carbonyl (C=O) groups excluding carboxylic acids is 2. The normalized spacial score (nSPS) is 12.0. The van der Waals surface area contributed by atoms with Gasteiger partial charge in [0.1, 0.15) is 18.4 Å². The van der Waals surface area contributed by atoms with Crippen LogP contribution >= 0.6 is 0 Å². The van der Waals surface area contributed by atoms with Crippen molar-refractivity contribution in [1.29, 1.82) is 0 Å². The minimum atomic E-state index is -4.12. The fourth-order valence-corrected chi connectivity index (χ4v) is 5.50. The third kappa shape index (κ3) is 6.77. The van der Waals surface area contributed by atoms with Gasteiger partial charge in [0.15, 0.2) is 0 Å². The molecule has 7 nitrogen and oxygen atoms in total. The van der Waals surface area contributed by atoms with Gasteiger partial charge in [-0.15, -0.1) is 0 Å². The van der Waals surface area contributed by atoms with Crippen LogP contribution in [0, 0.1) is 19.7 Å². The number of sulfonamides is 1. The molecule has 0 radical (unpaired) electrons. The van der Waals surface area contributed by atoms with Gasteiger partial charge in [0, 0.05) is 13.1 Å². The summed E-state index contributed by atoms with van der Waals surface area (Å²) in [6, 6.07) is 17.9. The molecule has 2 amide bonds.